The lowest BCUT2D eigenvalue weighted by Crippen LogP contribution is -2.48. The maximum absolute atomic E-state index is 13.9. The average Bonchev–Trinajstić information content (AvgIpc) is 3.31. The molecule has 4 rings (SSSR count). The van der Waals surface area contributed by atoms with Crippen LogP contribution in [0.2, 0.25) is 10.0 Å². The fourth-order valence-corrected chi connectivity index (χ4v) is 5.06. The second-order valence-corrected chi connectivity index (χ2v) is 9.89. The smallest absolute Gasteiger partial charge is 0.145 e. The van der Waals surface area contributed by atoms with Gasteiger partial charge in [0.1, 0.15) is 40.4 Å². The Kier molecular flexibility index (Phi) is 8.32. The van der Waals surface area contributed by atoms with Gasteiger partial charge in [0.05, 0.1) is 31.0 Å². The second-order valence-electron chi connectivity index (χ2n) is 7.93. The van der Waals surface area contributed by atoms with E-state index < -0.39 is 28.2 Å². The van der Waals surface area contributed by atoms with E-state index in [1.165, 1.54) is 18.0 Å². The van der Waals surface area contributed by atoms with Crippen LogP contribution in [0.25, 0.3) is 11.1 Å². The molecule has 0 N–H and O–H groups in total. The molecule has 2 aromatic carbocycles. The Balaban J connectivity index is 1.57. The van der Waals surface area contributed by atoms with E-state index in [9.17, 15) is 14.0 Å². The van der Waals surface area contributed by atoms with Gasteiger partial charge >= 0.3 is 0 Å². The van der Waals surface area contributed by atoms with Gasteiger partial charge in [-0.1, -0.05) is 35.0 Å². The van der Waals surface area contributed by atoms with Crippen LogP contribution in [0.5, 0.6) is 0 Å². The third-order valence-electron chi connectivity index (χ3n) is 5.59. The topological polar surface area (TPSA) is 69.3 Å². The van der Waals surface area contributed by atoms with Crippen LogP contribution in [0.1, 0.15) is 12.5 Å². The van der Waals surface area contributed by atoms with E-state index in [2.05, 4.69) is 11.2 Å². The number of ether oxygens (including phenoxy) is 3. The lowest BCUT2D eigenvalue weighted by Gasteiger charge is -2.38. The summed E-state index contributed by atoms with van der Waals surface area (Å²) in [6.45, 7) is 2.65. The predicted molar refractivity (Wildman–Crippen MR) is 129 cm³/mol. The highest BCUT2D eigenvalue weighted by molar-refractivity contribution is 7.99. The Labute approximate surface area is 215 Å². The largest absolute Gasteiger partial charge is 0.376 e. The van der Waals surface area contributed by atoms with Crippen molar-refractivity contribution in [1.29, 1.82) is 5.26 Å². The number of thioether (sulfide) groups is 1. The second kappa shape index (κ2) is 11.2. The van der Waals surface area contributed by atoms with Crippen LogP contribution in [-0.2, 0) is 20.8 Å². The summed E-state index contributed by atoms with van der Waals surface area (Å²) >= 11 is 13.1. The van der Waals surface area contributed by atoms with Gasteiger partial charge in [-0.3, -0.25) is 4.68 Å². The summed E-state index contributed by atoms with van der Waals surface area (Å²) in [5.74, 6) is -1.69. The fraction of sp³-hybridized carbons (Fsp3) is 0.333. The van der Waals surface area contributed by atoms with E-state index in [1.54, 1.807) is 36.2 Å². The monoisotopic (exact) mass is 539 g/mol. The van der Waals surface area contributed by atoms with Crippen molar-refractivity contribution in [3.8, 4) is 17.2 Å². The minimum Gasteiger partial charge on any atom is -0.376 e. The Morgan fingerprint density at radius 1 is 1.26 bits per heavy atom. The van der Waals surface area contributed by atoms with Gasteiger partial charge in [0.25, 0.3) is 0 Å². The van der Waals surface area contributed by atoms with Crippen molar-refractivity contribution in [3.05, 3.63) is 70.0 Å². The van der Waals surface area contributed by atoms with Crippen LogP contribution in [0.15, 0.2) is 47.6 Å². The average molecular weight is 540 g/mol. The number of methoxy groups -OCH3 is 1. The van der Waals surface area contributed by atoms with E-state index in [1.807, 2.05) is 6.92 Å². The summed E-state index contributed by atoms with van der Waals surface area (Å²) in [5, 5.41) is 13.8. The lowest BCUT2D eigenvalue weighted by atomic mass is 10.1. The maximum atomic E-state index is 13.9. The summed E-state index contributed by atoms with van der Waals surface area (Å²) < 4.78 is 46.9. The number of nitriles is 1. The zero-order valence-electron chi connectivity index (χ0n) is 18.8. The predicted octanol–water partition coefficient (Wildman–Crippen LogP) is 5.94. The molecule has 0 amide bonds. The lowest BCUT2D eigenvalue weighted by molar-refractivity contribution is -0.198. The van der Waals surface area contributed by atoms with Crippen molar-refractivity contribution < 1.29 is 23.0 Å². The summed E-state index contributed by atoms with van der Waals surface area (Å²) in [6.07, 6.45) is 2.46. The van der Waals surface area contributed by atoms with Crippen molar-refractivity contribution in [1.82, 2.24) is 9.78 Å². The van der Waals surface area contributed by atoms with E-state index in [0.29, 0.717) is 33.2 Å². The molecule has 35 heavy (non-hydrogen) atoms. The van der Waals surface area contributed by atoms with Crippen molar-refractivity contribution in [2.75, 3.05) is 13.7 Å². The molecule has 1 aliphatic rings. The van der Waals surface area contributed by atoms with Gasteiger partial charge in [-0.2, -0.15) is 10.4 Å². The molecule has 0 aliphatic carbocycles. The molecular formula is C24H21Cl2F2N3O3S. The van der Waals surface area contributed by atoms with Gasteiger partial charge in [0.2, 0.25) is 0 Å². The van der Waals surface area contributed by atoms with Crippen LogP contribution >= 0.6 is 35.0 Å². The molecule has 3 unspecified atom stereocenters. The molecule has 1 fully saturated rings. The highest BCUT2D eigenvalue weighted by atomic mass is 35.5. The first-order chi connectivity index (χ1) is 16.8. The summed E-state index contributed by atoms with van der Waals surface area (Å²) in [5.41, 5.74) is 0.765. The molecule has 11 heteroatoms. The number of rotatable bonds is 9. The van der Waals surface area contributed by atoms with E-state index in [4.69, 9.17) is 37.4 Å². The SMILES string of the molecule is CO[C@@H](Cn1cc(-c2cc(F)c(Cl)c(F)c2)cn1)C(OC1COC1C)Sc1cc(Cl)ccc1C#N. The van der Waals surface area contributed by atoms with Gasteiger partial charge in [-0.05, 0) is 42.8 Å². The first kappa shape index (κ1) is 25.9. The third-order valence-corrected chi connectivity index (χ3v) is 7.42. The highest BCUT2D eigenvalue weighted by Gasteiger charge is 2.35. The van der Waals surface area contributed by atoms with Crippen LogP contribution in [0, 0.1) is 23.0 Å². The molecular weight excluding hydrogens is 519 g/mol. The number of halogens is 4. The molecule has 184 valence electrons. The van der Waals surface area contributed by atoms with Crippen LogP contribution in [-0.4, -0.2) is 47.2 Å². The molecule has 1 aromatic heterocycles. The van der Waals surface area contributed by atoms with Gasteiger partial charge < -0.3 is 14.2 Å². The van der Waals surface area contributed by atoms with Crippen molar-refractivity contribution in [2.24, 2.45) is 0 Å². The van der Waals surface area contributed by atoms with Crippen molar-refractivity contribution in [2.45, 2.75) is 42.1 Å². The molecule has 1 aliphatic heterocycles. The molecule has 0 saturated carbocycles. The Bertz CT molecular complexity index is 1230. The Morgan fingerprint density at radius 3 is 2.60 bits per heavy atom. The molecule has 0 spiro atoms. The third kappa shape index (κ3) is 5.97. The summed E-state index contributed by atoms with van der Waals surface area (Å²) in [7, 11) is 1.56. The van der Waals surface area contributed by atoms with E-state index in [-0.39, 0.29) is 18.8 Å². The molecule has 0 radical (unpaired) electrons. The molecule has 4 atom stereocenters. The highest BCUT2D eigenvalue weighted by Crippen LogP contribution is 2.35. The van der Waals surface area contributed by atoms with Crippen LogP contribution < -0.4 is 0 Å². The number of hydrogen-bond donors (Lipinski definition) is 0. The van der Waals surface area contributed by atoms with Gasteiger partial charge in [0, 0.05) is 28.8 Å². The molecule has 2 heterocycles. The molecule has 3 aromatic rings. The number of benzene rings is 2. The summed E-state index contributed by atoms with van der Waals surface area (Å²) in [6, 6.07) is 9.51. The fourth-order valence-electron chi connectivity index (χ4n) is 3.48. The number of hydrogen-bond acceptors (Lipinski definition) is 6. The van der Waals surface area contributed by atoms with Crippen molar-refractivity contribution in [3.63, 3.8) is 0 Å². The summed E-state index contributed by atoms with van der Waals surface area (Å²) in [4.78, 5) is 0.660. The minimum absolute atomic E-state index is 0.0728. The number of aromatic nitrogens is 2. The van der Waals surface area contributed by atoms with Gasteiger partial charge in [-0.15, -0.1) is 0 Å². The molecule has 1 saturated heterocycles. The Morgan fingerprint density at radius 2 is 2.00 bits per heavy atom. The standard InChI is InChI=1S/C24H21Cl2F2N3O3S/c1-13-21(12-33-13)34-24(35-22-7-17(25)4-3-14(22)8-29)20(32-2)11-31-10-16(9-30-31)15-5-18(27)23(26)19(28)6-15/h3-7,9-10,13,20-21,24H,11-12H2,1-2H3/t13?,20-,21?,24?/m0/s1. The van der Waals surface area contributed by atoms with E-state index in [0.717, 1.165) is 12.1 Å². The minimum atomic E-state index is -0.847. The maximum Gasteiger partial charge on any atom is 0.145 e. The van der Waals surface area contributed by atoms with Gasteiger partial charge in [0.15, 0.2) is 0 Å². The first-order valence-electron chi connectivity index (χ1n) is 10.6. The molecule has 0 bridgehead atoms. The zero-order chi connectivity index (χ0) is 25.1. The van der Waals surface area contributed by atoms with Crippen molar-refractivity contribution >= 4 is 35.0 Å². The zero-order valence-corrected chi connectivity index (χ0v) is 21.1. The van der Waals surface area contributed by atoms with Gasteiger partial charge in [-0.25, -0.2) is 8.78 Å². The van der Waals surface area contributed by atoms with Crippen LogP contribution in [0.4, 0.5) is 8.78 Å². The van der Waals surface area contributed by atoms with Crippen LogP contribution in [0.3, 0.4) is 0 Å². The normalized spacial score (nSPS) is 19.1. The Hall–Kier alpha value is -2.19. The molecule has 6 nitrogen and oxygen atoms in total. The number of nitrogens with zero attached hydrogens (tertiary/aromatic N) is 3. The van der Waals surface area contributed by atoms with E-state index >= 15 is 0 Å². The quantitative estimate of drug-likeness (QED) is 0.190. The first-order valence-corrected chi connectivity index (χ1v) is 12.3.